The largest absolute Gasteiger partial charge is 0.478 e. The first-order valence-corrected chi connectivity index (χ1v) is 6.95. The van der Waals surface area contributed by atoms with Gasteiger partial charge in [-0.1, -0.05) is 31.0 Å². The Kier molecular flexibility index (Phi) is 4.61. The SMILES string of the molecule is CC1CCCCCN1c1ccccc1C=CC(=O)O. The number of nitrogens with zero attached hydrogens (tertiary/aromatic N) is 1. The van der Waals surface area contributed by atoms with Gasteiger partial charge in [0.1, 0.15) is 0 Å². The molecule has 1 saturated heterocycles. The zero-order valence-electron chi connectivity index (χ0n) is 11.4. The molecule has 1 heterocycles. The molecule has 1 aliphatic heterocycles. The van der Waals surface area contributed by atoms with Gasteiger partial charge in [0, 0.05) is 24.4 Å². The van der Waals surface area contributed by atoms with E-state index < -0.39 is 5.97 Å². The summed E-state index contributed by atoms with van der Waals surface area (Å²) in [6.07, 6.45) is 7.88. The van der Waals surface area contributed by atoms with Crippen molar-refractivity contribution in [3.8, 4) is 0 Å². The summed E-state index contributed by atoms with van der Waals surface area (Å²) in [5.41, 5.74) is 2.13. The molecule has 1 aromatic carbocycles. The molecule has 0 aromatic heterocycles. The summed E-state index contributed by atoms with van der Waals surface area (Å²) in [5, 5.41) is 8.77. The Morgan fingerprint density at radius 3 is 2.89 bits per heavy atom. The second-order valence-electron chi connectivity index (χ2n) is 5.12. The van der Waals surface area contributed by atoms with Gasteiger partial charge in [0.2, 0.25) is 0 Å². The van der Waals surface area contributed by atoms with Crippen molar-refractivity contribution < 1.29 is 9.90 Å². The van der Waals surface area contributed by atoms with Crippen molar-refractivity contribution in [3.63, 3.8) is 0 Å². The lowest BCUT2D eigenvalue weighted by Crippen LogP contribution is -2.32. The molecule has 0 aliphatic carbocycles. The molecule has 1 aromatic rings. The van der Waals surface area contributed by atoms with Crippen LogP contribution in [0.1, 0.15) is 38.2 Å². The molecule has 3 heteroatoms. The van der Waals surface area contributed by atoms with E-state index in [1.54, 1.807) is 6.08 Å². The average Bonchev–Trinajstić information content (AvgIpc) is 2.61. The van der Waals surface area contributed by atoms with Gasteiger partial charge < -0.3 is 10.0 Å². The van der Waals surface area contributed by atoms with Crippen LogP contribution in [0.25, 0.3) is 6.08 Å². The molecular formula is C16H21NO2. The summed E-state index contributed by atoms with van der Waals surface area (Å²) in [4.78, 5) is 13.1. The molecule has 0 bridgehead atoms. The van der Waals surface area contributed by atoms with E-state index in [2.05, 4.69) is 17.9 Å². The van der Waals surface area contributed by atoms with Crippen molar-refractivity contribution in [1.82, 2.24) is 0 Å². The Bertz CT molecular complexity index is 468. The first-order valence-electron chi connectivity index (χ1n) is 6.95. The van der Waals surface area contributed by atoms with Crippen molar-refractivity contribution in [2.24, 2.45) is 0 Å². The Balaban J connectivity index is 2.29. The summed E-state index contributed by atoms with van der Waals surface area (Å²) in [6, 6.07) is 8.55. The number of rotatable bonds is 3. The van der Waals surface area contributed by atoms with Crippen LogP contribution in [0, 0.1) is 0 Å². The fourth-order valence-corrected chi connectivity index (χ4v) is 2.68. The lowest BCUT2D eigenvalue weighted by Gasteiger charge is -2.30. The lowest BCUT2D eigenvalue weighted by molar-refractivity contribution is -0.131. The van der Waals surface area contributed by atoms with E-state index >= 15 is 0 Å². The highest BCUT2D eigenvalue weighted by atomic mass is 16.4. The molecule has 3 nitrogen and oxygen atoms in total. The molecule has 2 rings (SSSR count). The van der Waals surface area contributed by atoms with E-state index in [4.69, 9.17) is 5.11 Å². The predicted octanol–water partition coefficient (Wildman–Crippen LogP) is 3.55. The third-order valence-electron chi connectivity index (χ3n) is 3.70. The third kappa shape index (κ3) is 3.60. The van der Waals surface area contributed by atoms with E-state index in [1.807, 2.05) is 18.2 Å². The van der Waals surface area contributed by atoms with Crippen molar-refractivity contribution in [3.05, 3.63) is 35.9 Å². The Morgan fingerprint density at radius 1 is 1.32 bits per heavy atom. The molecule has 19 heavy (non-hydrogen) atoms. The number of carboxylic acids is 1. The number of hydrogen-bond donors (Lipinski definition) is 1. The van der Waals surface area contributed by atoms with E-state index in [1.165, 1.54) is 31.8 Å². The van der Waals surface area contributed by atoms with Gasteiger partial charge >= 0.3 is 5.97 Å². The van der Waals surface area contributed by atoms with Gasteiger partial charge in [-0.3, -0.25) is 0 Å². The smallest absolute Gasteiger partial charge is 0.328 e. The molecule has 0 radical (unpaired) electrons. The van der Waals surface area contributed by atoms with Crippen molar-refractivity contribution in [1.29, 1.82) is 0 Å². The molecule has 1 aliphatic rings. The standard InChI is InChI=1S/C16H21NO2/c1-13-7-3-2-6-12-17(13)15-9-5-4-8-14(15)10-11-16(18)19/h4-5,8-11,13H,2-3,6-7,12H2,1H3,(H,18,19). The van der Waals surface area contributed by atoms with Crippen LogP contribution in [-0.4, -0.2) is 23.7 Å². The monoisotopic (exact) mass is 259 g/mol. The summed E-state index contributed by atoms with van der Waals surface area (Å²) < 4.78 is 0. The Morgan fingerprint density at radius 2 is 2.11 bits per heavy atom. The van der Waals surface area contributed by atoms with Gasteiger partial charge in [0.05, 0.1) is 0 Å². The molecule has 1 fully saturated rings. The van der Waals surface area contributed by atoms with Crippen LogP contribution in [0.15, 0.2) is 30.3 Å². The maximum absolute atomic E-state index is 10.7. The molecule has 0 saturated carbocycles. The number of carboxylic acid groups (broad SMARTS) is 1. The maximum Gasteiger partial charge on any atom is 0.328 e. The number of hydrogen-bond acceptors (Lipinski definition) is 2. The van der Waals surface area contributed by atoms with Gasteiger partial charge in [0.25, 0.3) is 0 Å². The molecule has 0 spiro atoms. The fraction of sp³-hybridized carbons (Fsp3) is 0.438. The van der Waals surface area contributed by atoms with Gasteiger partial charge in [-0.2, -0.15) is 0 Å². The number of aliphatic carboxylic acids is 1. The molecule has 1 unspecified atom stereocenters. The maximum atomic E-state index is 10.7. The Labute approximate surface area is 114 Å². The number of benzene rings is 1. The highest BCUT2D eigenvalue weighted by Gasteiger charge is 2.18. The van der Waals surface area contributed by atoms with Crippen LogP contribution in [-0.2, 0) is 4.79 Å². The van der Waals surface area contributed by atoms with Crippen LogP contribution in [0.3, 0.4) is 0 Å². The van der Waals surface area contributed by atoms with E-state index in [0.29, 0.717) is 6.04 Å². The van der Waals surface area contributed by atoms with Crippen molar-refractivity contribution in [2.75, 3.05) is 11.4 Å². The second kappa shape index (κ2) is 6.41. The van der Waals surface area contributed by atoms with Gasteiger partial charge in [-0.15, -0.1) is 0 Å². The zero-order valence-corrected chi connectivity index (χ0v) is 11.4. The summed E-state index contributed by atoms with van der Waals surface area (Å²) in [5.74, 6) is -0.904. The van der Waals surface area contributed by atoms with E-state index in [0.717, 1.165) is 17.8 Å². The third-order valence-corrected chi connectivity index (χ3v) is 3.70. The average molecular weight is 259 g/mol. The fourth-order valence-electron chi connectivity index (χ4n) is 2.68. The van der Waals surface area contributed by atoms with Gasteiger partial charge in [-0.05, 0) is 37.5 Å². The van der Waals surface area contributed by atoms with Crippen LogP contribution in [0.5, 0.6) is 0 Å². The lowest BCUT2D eigenvalue weighted by atomic mass is 10.1. The Hall–Kier alpha value is -1.77. The van der Waals surface area contributed by atoms with E-state index in [9.17, 15) is 4.79 Å². The minimum atomic E-state index is -0.904. The molecular weight excluding hydrogens is 238 g/mol. The van der Waals surface area contributed by atoms with Crippen LogP contribution < -0.4 is 4.90 Å². The minimum Gasteiger partial charge on any atom is -0.478 e. The first-order chi connectivity index (χ1) is 9.18. The number of carbonyl (C=O) groups is 1. The number of para-hydroxylation sites is 1. The normalized spacial score (nSPS) is 20.5. The second-order valence-corrected chi connectivity index (χ2v) is 5.12. The zero-order chi connectivity index (χ0) is 13.7. The first kappa shape index (κ1) is 13.7. The molecule has 102 valence electrons. The topological polar surface area (TPSA) is 40.5 Å². The van der Waals surface area contributed by atoms with Crippen LogP contribution in [0.2, 0.25) is 0 Å². The summed E-state index contributed by atoms with van der Waals surface area (Å²) in [6.45, 7) is 3.31. The summed E-state index contributed by atoms with van der Waals surface area (Å²) in [7, 11) is 0. The van der Waals surface area contributed by atoms with Crippen molar-refractivity contribution >= 4 is 17.7 Å². The highest BCUT2D eigenvalue weighted by Crippen LogP contribution is 2.28. The quantitative estimate of drug-likeness (QED) is 0.844. The minimum absolute atomic E-state index is 0.516. The molecule has 0 amide bonds. The van der Waals surface area contributed by atoms with E-state index in [-0.39, 0.29) is 0 Å². The predicted molar refractivity (Wildman–Crippen MR) is 78.4 cm³/mol. The van der Waals surface area contributed by atoms with Crippen molar-refractivity contribution in [2.45, 2.75) is 38.6 Å². The molecule has 1 N–H and O–H groups in total. The highest BCUT2D eigenvalue weighted by molar-refractivity contribution is 5.87. The number of anilines is 1. The molecule has 1 atom stereocenters. The van der Waals surface area contributed by atoms with Gasteiger partial charge in [-0.25, -0.2) is 4.79 Å². The van der Waals surface area contributed by atoms with Gasteiger partial charge in [0.15, 0.2) is 0 Å². The van der Waals surface area contributed by atoms with Crippen LogP contribution >= 0.6 is 0 Å². The van der Waals surface area contributed by atoms with Crippen LogP contribution in [0.4, 0.5) is 5.69 Å². The summed E-state index contributed by atoms with van der Waals surface area (Å²) >= 11 is 0.